The van der Waals surface area contributed by atoms with Gasteiger partial charge in [-0.1, -0.05) is 41.9 Å². The van der Waals surface area contributed by atoms with Gasteiger partial charge in [-0.25, -0.2) is 0 Å². The number of carbonyl (C=O) groups is 1. The van der Waals surface area contributed by atoms with E-state index in [2.05, 4.69) is 27.3 Å². The number of benzene rings is 2. The number of amides is 1. The van der Waals surface area contributed by atoms with Crippen molar-refractivity contribution in [1.82, 2.24) is 15.2 Å². The van der Waals surface area contributed by atoms with Gasteiger partial charge in [-0.3, -0.25) is 4.79 Å². The fourth-order valence-corrected chi connectivity index (χ4v) is 3.46. The molecule has 0 spiro atoms. The van der Waals surface area contributed by atoms with Crippen LogP contribution in [0.5, 0.6) is 0 Å². The zero-order chi connectivity index (χ0) is 18.8. The van der Waals surface area contributed by atoms with Gasteiger partial charge < -0.3 is 15.1 Å². The highest BCUT2D eigenvalue weighted by molar-refractivity contribution is 6.31. The van der Waals surface area contributed by atoms with Gasteiger partial charge in [0.25, 0.3) is 0 Å². The molecule has 0 bridgehead atoms. The summed E-state index contributed by atoms with van der Waals surface area (Å²) in [6.45, 7) is 0. The third kappa shape index (κ3) is 3.71. The zero-order valence-corrected chi connectivity index (χ0v) is 15.1. The molecule has 0 saturated carbocycles. The zero-order valence-electron chi connectivity index (χ0n) is 14.4. The molecule has 4 aromatic rings. The van der Waals surface area contributed by atoms with Crippen LogP contribution in [0.1, 0.15) is 33.6 Å². The van der Waals surface area contributed by atoms with Crippen molar-refractivity contribution < 1.29 is 9.21 Å². The number of aromatic nitrogens is 3. The van der Waals surface area contributed by atoms with E-state index in [1.54, 1.807) is 0 Å². The van der Waals surface area contributed by atoms with Crippen molar-refractivity contribution in [2.75, 3.05) is 0 Å². The van der Waals surface area contributed by atoms with Crippen LogP contribution in [0.3, 0.4) is 0 Å². The summed E-state index contributed by atoms with van der Waals surface area (Å²) in [6.07, 6.45) is 3.24. The molecule has 0 radical (unpaired) electrons. The van der Waals surface area contributed by atoms with Crippen LogP contribution < -0.4 is 5.73 Å². The van der Waals surface area contributed by atoms with Gasteiger partial charge >= 0.3 is 11.8 Å². The van der Waals surface area contributed by atoms with Crippen molar-refractivity contribution >= 4 is 28.4 Å². The molecule has 136 valence electrons. The van der Waals surface area contributed by atoms with E-state index in [4.69, 9.17) is 21.8 Å². The Kier molecular flexibility index (Phi) is 4.64. The summed E-state index contributed by atoms with van der Waals surface area (Å²) >= 11 is 6.20. The number of rotatable bonds is 6. The van der Waals surface area contributed by atoms with Gasteiger partial charge in [0.15, 0.2) is 0 Å². The summed E-state index contributed by atoms with van der Waals surface area (Å²) in [6, 6.07) is 15.9. The SMILES string of the molecule is NC(=O)c1nnc(CC(Cc2ccccc2)c2c[nH]c3ccc(Cl)cc23)o1. The van der Waals surface area contributed by atoms with Crippen LogP contribution >= 0.6 is 11.6 Å². The van der Waals surface area contributed by atoms with Crippen molar-refractivity contribution in [3.05, 3.63) is 82.7 Å². The Labute approximate surface area is 160 Å². The Morgan fingerprint density at radius 2 is 1.96 bits per heavy atom. The van der Waals surface area contributed by atoms with Gasteiger partial charge in [0.05, 0.1) is 0 Å². The Bertz CT molecular complexity index is 1090. The highest BCUT2D eigenvalue weighted by Crippen LogP contribution is 2.32. The summed E-state index contributed by atoms with van der Waals surface area (Å²) in [5.41, 5.74) is 8.52. The van der Waals surface area contributed by atoms with E-state index in [9.17, 15) is 4.79 Å². The highest BCUT2D eigenvalue weighted by Gasteiger charge is 2.21. The van der Waals surface area contributed by atoms with Gasteiger partial charge in [0.1, 0.15) is 0 Å². The number of carbonyl (C=O) groups excluding carboxylic acids is 1. The molecular formula is C20H17ClN4O2. The lowest BCUT2D eigenvalue weighted by Crippen LogP contribution is -2.11. The first-order valence-corrected chi connectivity index (χ1v) is 8.90. The Balaban J connectivity index is 1.72. The predicted molar refractivity (Wildman–Crippen MR) is 103 cm³/mol. The minimum atomic E-state index is -0.729. The lowest BCUT2D eigenvalue weighted by atomic mass is 9.89. The lowest BCUT2D eigenvalue weighted by Gasteiger charge is -2.15. The van der Waals surface area contributed by atoms with Crippen molar-refractivity contribution in [3.63, 3.8) is 0 Å². The maximum absolute atomic E-state index is 11.2. The molecule has 7 heteroatoms. The number of aromatic amines is 1. The standard InChI is InChI=1S/C20H17ClN4O2/c21-14-6-7-17-15(10-14)16(11-23-17)13(8-12-4-2-1-3-5-12)9-18-24-25-20(27-18)19(22)26/h1-7,10-11,13,23H,8-9H2,(H2,22,26). The van der Waals surface area contributed by atoms with Crippen LogP contribution in [0.25, 0.3) is 10.9 Å². The average molecular weight is 381 g/mol. The van der Waals surface area contributed by atoms with E-state index in [0.717, 1.165) is 22.9 Å². The van der Waals surface area contributed by atoms with Crippen LogP contribution in [0, 0.1) is 0 Å². The molecule has 0 aliphatic rings. The number of primary amides is 1. The number of nitrogens with one attached hydrogen (secondary N) is 1. The smallest absolute Gasteiger partial charge is 0.306 e. The number of halogens is 1. The van der Waals surface area contributed by atoms with Crippen molar-refractivity contribution in [1.29, 1.82) is 0 Å². The van der Waals surface area contributed by atoms with Gasteiger partial charge in [0.2, 0.25) is 5.89 Å². The number of fused-ring (bicyclic) bond motifs is 1. The molecule has 0 saturated heterocycles. The van der Waals surface area contributed by atoms with Crippen LogP contribution in [-0.4, -0.2) is 21.1 Å². The third-order valence-corrected chi connectivity index (χ3v) is 4.77. The first kappa shape index (κ1) is 17.3. The fourth-order valence-electron chi connectivity index (χ4n) is 3.29. The van der Waals surface area contributed by atoms with Crippen LogP contribution in [0.15, 0.2) is 59.1 Å². The average Bonchev–Trinajstić information content (AvgIpc) is 3.29. The van der Waals surface area contributed by atoms with E-state index >= 15 is 0 Å². The minimum Gasteiger partial charge on any atom is -0.417 e. The van der Waals surface area contributed by atoms with Gasteiger partial charge in [-0.15, -0.1) is 10.2 Å². The molecule has 4 rings (SSSR count). The second kappa shape index (κ2) is 7.25. The largest absolute Gasteiger partial charge is 0.417 e. The molecule has 3 N–H and O–H groups in total. The molecule has 6 nitrogen and oxygen atoms in total. The van der Waals surface area contributed by atoms with E-state index in [0.29, 0.717) is 17.3 Å². The molecule has 2 aromatic carbocycles. The Morgan fingerprint density at radius 3 is 2.70 bits per heavy atom. The molecule has 0 aliphatic carbocycles. The summed E-state index contributed by atoms with van der Waals surface area (Å²) < 4.78 is 5.41. The van der Waals surface area contributed by atoms with Crippen LogP contribution in [0.4, 0.5) is 0 Å². The number of nitrogens with two attached hydrogens (primary N) is 1. The number of nitrogens with zero attached hydrogens (tertiary/aromatic N) is 2. The topological polar surface area (TPSA) is 97.8 Å². The highest BCUT2D eigenvalue weighted by atomic mass is 35.5. The Morgan fingerprint density at radius 1 is 1.15 bits per heavy atom. The summed E-state index contributed by atoms with van der Waals surface area (Å²) in [5.74, 6) is -0.473. The monoisotopic (exact) mass is 380 g/mol. The van der Waals surface area contributed by atoms with E-state index in [1.165, 1.54) is 5.56 Å². The number of hydrogen-bond acceptors (Lipinski definition) is 4. The second-order valence-corrected chi connectivity index (χ2v) is 6.83. The van der Waals surface area contributed by atoms with Crippen molar-refractivity contribution in [2.45, 2.75) is 18.8 Å². The predicted octanol–water partition coefficient (Wildman–Crippen LogP) is 3.87. The molecule has 0 fully saturated rings. The minimum absolute atomic E-state index is 0.0563. The molecule has 1 amide bonds. The summed E-state index contributed by atoms with van der Waals surface area (Å²) in [4.78, 5) is 14.5. The van der Waals surface area contributed by atoms with E-state index in [1.807, 2.05) is 42.6 Å². The molecule has 27 heavy (non-hydrogen) atoms. The number of hydrogen-bond donors (Lipinski definition) is 2. The van der Waals surface area contributed by atoms with Crippen LogP contribution in [-0.2, 0) is 12.8 Å². The van der Waals surface area contributed by atoms with E-state index in [-0.39, 0.29) is 11.8 Å². The number of H-pyrrole nitrogens is 1. The summed E-state index contributed by atoms with van der Waals surface area (Å²) in [5, 5.41) is 9.42. The molecule has 2 aromatic heterocycles. The third-order valence-electron chi connectivity index (χ3n) is 4.54. The molecule has 1 atom stereocenters. The van der Waals surface area contributed by atoms with Crippen molar-refractivity contribution in [3.8, 4) is 0 Å². The molecule has 2 heterocycles. The first-order valence-electron chi connectivity index (χ1n) is 8.53. The van der Waals surface area contributed by atoms with E-state index < -0.39 is 5.91 Å². The van der Waals surface area contributed by atoms with Gasteiger partial charge in [-0.05, 0) is 41.7 Å². The maximum atomic E-state index is 11.2. The second-order valence-electron chi connectivity index (χ2n) is 6.39. The molecular weight excluding hydrogens is 364 g/mol. The Hall–Kier alpha value is -3.12. The maximum Gasteiger partial charge on any atom is 0.306 e. The van der Waals surface area contributed by atoms with Gasteiger partial charge in [0, 0.05) is 28.5 Å². The molecule has 0 aliphatic heterocycles. The lowest BCUT2D eigenvalue weighted by molar-refractivity contribution is 0.0965. The quantitative estimate of drug-likeness (QED) is 0.530. The van der Waals surface area contributed by atoms with Gasteiger partial charge in [-0.2, -0.15) is 0 Å². The summed E-state index contributed by atoms with van der Waals surface area (Å²) in [7, 11) is 0. The van der Waals surface area contributed by atoms with Crippen LogP contribution in [0.2, 0.25) is 5.02 Å². The van der Waals surface area contributed by atoms with Crippen molar-refractivity contribution in [2.24, 2.45) is 5.73 Å². The first-order chi connectivity index (χ1) is 13.1. The normalized spacial score (nSPS) is 12.3. The fraction of sp³-hybridized carbons (Fsp3) is 0.150. The molecule has 1 unspecified atom stereocenters.